The van der Waals surface area contributed by atoms with Gasteiger partial charge in [0.05, 0.1) is 36.3 Å². The maximum atomic E-state index is 9.08. The smallest absolute Gasteiger partial charge is 0.0916 e. The Labute approximate surface area is 203 Å². The predicted molar refractivity (Wildman–Crippen MR) is 141 cm³/mol. The topological polar surface area (TPSA) is 57.2 Å². The summed E-state index contributed by atoms with van der Waals surface area (Å²) < 4.78 is 28.7. The van der Waals surface area contributed by atoms with Gasteiger partial charge in [-0.1, -0.05) is 97.8 Å². The van der Waals surface area contributed by atoms with Gasteiger partial charge < -0.3 is 9.04 Å². The summed E-state index contributed by atoms with van der Waals surface area (Å²) >= 11 is 0. The van der Waals surface area contributed by atoms with Crippen LogP contribution in [0.5, 0.6) is 0 Å². The molecule has 0 aromatic rings. The highest BCUT2D eigenvalue weighted by molar-refractivity contribution is 7.84. The van der Waals surface area contributed by atoms with Gasteiger partial charge in [-0.15, -0.1) is 0 Å². The van der Waals surface area contributed by atoms with Crippen molar-refractivity contribution < 1.29 is 17.5 Å². The molecule has 0 heterocycles. The van der Waals surface area contributed by atoms with Gasteiger partial charge in [-0.05, 0) is 45.4 Å². The number of nitrogens with zero attached hydrogens (tertiary/aromatic N) is 1. The Morgan fingerprint density at radius 2 is 0.719 bits per heavy atom. The van der Waals surface area contributed by atoms with E-state index in [1.54, 1.807) is 0 Å². The number of hydrogen-bond donors (Lipinski definition) is 0. The number of unbranched alkanes of at least 4 members (excludes halogenated alkanes) is 15. The van der Waals surface area contributed by atoms with E-state index in [9.17, 15) is 0 Å². The highest BCUT2D eigenvalue weighted by Crippen LogP contribution is 2.18. The predicted octanol–water partition coefficient (Wildman–Crippen LogP) is 8.07. The summed E-state index contributed by atoms with van der Waals surface area (Å²) in [4.78, 5) is 0. The average Bonchev–Trinajstić information content (AvgIpc) is 2.74. The average molecular weight is 478 g/mol. The molecule has 4 nitrogen and oxygen atoms in total. The highest BCUT2D eigenvalue weighted by atomic mass is 32.2. The third kappa shape index (κ3) is 27.9. The highest BCUT2D eigenvalue weighted by Gasteiger charge is 2.23. The molecular weight excluding hydrogens is 418 g/mol. The van der Waals surface area contributed by atoms with Crippen LogP contribution in [0.15, 0.2) is 0 Å². The summed E-state index contributed by atoms with van der Waals surface area (Å²) in [6, 6.07) is 0. The Kier molecular flexibility index (Phi) is 25.5. The van der Waals surface area contributed by atoms with E-state index in [0.717, 1.165) is 0 Å². The lowest BCUT2D eigenvalue weighted by Gasteiger charge is -2.38. The van der Waals surface area contributed by atoms with Gasteiger partial charge in [0.15, 0.2) is 0 Å². The van der Waals surface area contributed by atoms with Crippen molar-refractivity contribution in [2.75, 3.05) is 32.4 Å². The van der Waals surface area contributed by atoms with Gasteiger partial charge in [-0.3, -0.25) is 0 Å². The van der Waals surface area contributed by atoms with E-state index in [4.69, 9.17) is 13.0 Å². The zero-order valence-corrected chi connectivity index (χ0v) is 23.5. The molecular formula is C27H59NO3S. The van der Waals surface area contributed by atoms with E-state index in [1.807, 2.05) is 0 Å². The minimum Gasteiger partial charge on any atom is -0.748 e. The van der Waals surface area contributed by atoms with Gasteiger partial charge in [0, 0.05) is 6.26 Å². The van der Waals surface area contributed by atoms with Crippen molar-refractivity contribution in [2.24, 2.45) is 0 Å². The van der Waals surface area contributed by atoms with Crippen molar-refractivity contribution in [3.05, 3.63) is 0 Å². The standard InChI is InChI=1S/C26H56N.CH4O3S/c1-5-9-12-15-18-21-24-27(8-4,25-22-19-16-13-10-6-2)26-23-20-17-14-11-7-3;1-5(2,3)4/h5-26H2,1-4H3;1H3,(H,2,3,4)/q+1;/p-1. The third-order valence-corrected chi connectivity index (χ3v) is 6.63. The molecule has 0 spiro atoms. The molecule has 0 radical (unpaired) electrons. The molecule has 0 aliphatic rings. The van der Waals surface area contributed by atoms with Crippen LogP contribution in [0, 0.1) is 0 Å². The summed E-state index contributed by atoms with van der Waals surface area (Å²) in [5.74, 6) is 0. The van der Waals surface area contributed by atoms with Crippen LogP contribution in [0.1, 0.15) is 143 Å². The second-order valence-electron chi connectivity index (χ2n) is 9.84. The molecule has 0 saturated carbocycles. The fourth-order valence-electron chi connectivity index (χ4n) is 4.49. The van der Waals surface area contributed by atoms with E-state index < -0.39 is 10.1 Å². The Balaban J connectivity index is 0. The Morgan fingerprint density at radius 1 is 0.500 bits per heavy atom. The largest absolute Gasteiger partial charge is 0.748 e. The van der Waals surface area contributed by atoms with Crippen LogP contribution in [0.4, 0.5) is 0 Å². The fraction of sp³-hybridized carbons (Fsp3) is 1.00. The van der Waals surface area contributed by atoms with Crippen molar-refractivity contribution >= 4 is 10.1 Å². The van der Waals surface area contributed by atoms with Gasteiger partial charge in [0.25, 0.3) is 0 Å². The number of rotatable bonds is 22. The first kappa shape index (κ1) is 34.0. The molecule has 196 valence electrons. The summed E-state index contributed by atoms with van der Waals surface area (Å²) in [5.41, 5.74) is 0. The van der Waals surface area contributed by atoms with Crippen LogP contribution >= 0.6 is 0 Å². The summed E-state index contributed by atoms with van der Waals surface area (Å²) in [6.07, 6.45) is 26.5. The molecule has 5 heteroatoms. The van der Waals surface area contributed by atoms with Crippen LogP contribution in [0.25, 0.3) is 0 Å². The molecule has 0 bridgehead atoms. The first-order valence-corrected chi connectivity index (χ1v) is 15.8. The number of hydrogen-bond acceptors (Lipinski definition) is 3. The third-order valence-electron chi connectivity index (χ3n) is 6.63. The van der Waals surface area contributed by atoms with E-state index >= 15 is 0 Å². The van der Waals surface area contributed by atoms with Crippen molar-refractivity contribution in [2.45, 2.75) is 143 Å². The second kappa shape index (κ2) is 24.0. The van der Waals surface area contributed by atoms with Crippen LogP contribution < -0.4 is 0 Å². The maximum Gasteiger partial charge on any atom is 0.0916 e. The fourth-order valence-corrected chi connectivity index (χ4v) is 4.49. The normalized spacial score (nSPS) is 11.9. The quantitative estimate of drug-likeness (QED) is 0.0899. The zero-order chi connectivity index (χ0) is 24.6. The van der Waals surface area contributed by atoms with Crippen LogP contribution in [-0.4, -0.2) is 49.9 Å². The molecule has 0 N–H and O–H groups in total. The van der Waals surface area contributed by atoms with Gasteiger partial charge in [0.2, 0.25) is 0 Å². The molecule has 0 amide bonds. The van der Waals surface area contributed by atoms with Crippen LogP contribution in [-0.2, 0) is 10.1 Å². The van der Waals surface area contributed by atoms with Crippen LogP contribution in [0.3, 0.4) is 0 Å². The molecule has 0 saturated heterocycles. The molecule has 0 aromatic carbocycles. The van der Waals surface area contributed by atoms with Crippen molar-refractivity contribution in [3.8, 4) is 0 Å². The van der Waals surface area contributed by atoms with Crippen molar-refractivity contribution in [3.63, 3.8) is 0 Å². The van der Waals surface area contributed by atoms with Crippen molar-refractivity contribution in [1.29, 1.82) is 0 Å². The molecule has 0 aromatic heterocycles. The minimum atomic E-state index is -3.92. The minimum absolute atomic E-state index is 0.604. The Bertz CT molecular complexity index is 417. The monoisotopic (exact) mass is 477 g/mol. The lowest BCUT2D eigenvalue weighted by atomic mass is 10.1. The lowest BCUT2D eigenvalue weighted by molar-refractivity contribution is -0.927. The van der Waals surface area contributed by atoms with Gasteiger partial charge in [-0.2, -0.15) is 0 Å². The SMILES string of the molecule is CCCCCCCC[N+](CC)(CCCCCCCC)CCCCCCCC.CS(=O)(=O)[O-]. The molecule has 0 unspecified atom stereocenters. The first-order chi connectivity index (χ1) is 15.2. The Morgan fingerprint density at radius 3 is 0.938 bits per heavy atom. The number of quaternary nitrogens is 1. The van der Waals surface area contributed by atoms with E-state index in [2.05, 4.69) is 27.7 Å². The molecule has 32 heavy (non-hydrogen) atoms. The summed E-state index contributed by atoms with van der Waals surface area (Å²) in [5, 5.41) is 0. The van der Waals surface area contributed by atoms with E-state index in [-0.39, 0.29) is 0 Å². The van der Waals surface area contributed by atoms with Gasteiger partial charge in [0.1, 0.15) is 0 Å². The lowest BCUT2D eigenvalue weighted by Crippen LogP contribution is -2.50. The molecule has 0 rings (SSSR count). The Hall–Kier alpha value is -0.130. The van der Waals surface area contributed by atoms with Crippen molar-refractivity contribution in [1.82, 2.24) is 0 Å². The molecule has 0 aliphatic heterocycles. The summed E-state index contributed by atoms with van der Waals surface area (Å²) in [6.45, 7) is 15.1. The van der Waals surface area contributed by atoms with Crippen LogP contribution in [0.2, 0.25) is 0 Å². The first-order valence-electron chi connectivity index (χ1n) is 14.0. The zero-order valence-electron chi connectivity index (χ0n) is 22.6. The van der Waals surface area contributed by atoms with E-state index in [1.165, 1.54) is 146 Å². The summed E-state index contributed by atoms with van der Waals surface area (Å²) in [7, 11) is -3.92. The van der Waals surface area contributed by atoms with E-state index in [0.29, 0.717) is 6.26 Å². The van der Waals surface area contributed by atoms with Gasteiger partial charge in [-0.25, -0.2) is 8.42 Å². The second-order valence-corrected chi connectivity index (χ2v) is 11.2. The maximum absolute atomic E-state index is 9.08. The molecule has 0 atom stereocenters. The molecule has 0 fully saturated rings. The molecule has 0 aliphatic carbocycles. The van der Waals surface area contributed by atoms with Gasteiger partial charge >= 0.3 is 0 Å².